The summed E-state index contributed by atoms with van der Waals surface area (Å²) in [5.74, 6) is 0.606. The lowest BCUT2D eigenvalue weighted by Crippen LogP contribution is -1.85. The zero-order valence-electron chi connectivity index (χ0n) is 9.17. The Hall–Kier alpha value is -0.980. The summed E-state index contributed by atoms with van der Waals surface area (Å²) in [5.41, 5.74) is 7.97. The fourth-order valence-electron chi connectivity index (χ4n) is 1.09. The number of nitrogens with two attached hydrogens (primary N) is 1. The Kier molecular flexibility index (Phi) is 6.03. The number of hydrogen-bond acceptors (Lipinski definition) is 1. The summed E-state index contributed by atoms with van der Waals surface area (Å²) in [6, 6.07) is 0. The topological polar surface area (TPSA) is 26.0 Å². The van der Waals surface area contributed by atoms with Gasteiger partial charge in [0.2, 0.25) is 0 Å². The van der Waals surface area contributed by atoms with Gasteiger partial charge >= 0.3 is 0 Å². The van der Waals surface area contributed by atoms with Crippen molar-refractivity contribution in [2.75, 3.05) is 0 Å². The third-order valence-electron chi connectivity index (χ3n) is 1.92. The van der Waals surface area contributed by atoms with E-state index in [1.165, 1.54) is 11.1 Å². The molecule has 0 aliphatic heterocycles. The van der Waals surface area contributed by atoms with Gasteiger partial charge in [0.05, 0.1) is 0 Å². The third kappa shape index (κ3) is 5.29. The Morgan fingerprint density at radius 3 is 2.31 bits per heavy atom. The van der Waals surface area contributed by atoms with Crippen molar-refractivity contribution >= 4 is 0 Å². The zero-order valence-corrected chi connectivity index (χ0v) is 9.17. The van der Waals surface area contributed by atoms with Gasteiger partial charge in [-0.1, -0.05) is 32.9 Å². The van der Waals surface area contributed by atoms with Gasteiger partial charge in [-0.3, -0.25) is 0 Å². The van der Waals surface area contributed by atoms with Gasteiger partial charge in [-0.25, -0.2) is 0 Å². The maximum atomic E-state index is 5.36. The Balaban J connectivity index is 4.56. The van der Waals surface area contributed by atoms with Gasteiger partial charge in [0.1, 0.15) is 0 Å². The molecule has 0 rings (SSSR count). The fraction of sp³-hybridized carbons (Fsp3) is 0.500. The Morgan fingerprint density at radius 2 is 1.92 bits per heavy atom. The molecule has 13 heavy (non-hydrogen) atoms. The lowest BCUT2D eigenvalue weighted by Gasteiger charge is -2.01. The zero-order chi connectivity index (χ0) is 10.3. The SMILES string of the molecule is CCC(/C=C\N)=C(C)/C=C/C(C)C. The minimum atomic E-state index is 0.606. The molecule has 0 radical (unpaired) electrons. The standard InChI is InChI=1S/C12H21N/c1-5-12(8-9-13)11(4)7-6-10(2)3/h6-10H,5,13H2,1-4H3/b7-6+,9-8-,12-11-. The molecule has 0 atom stereocenters. The molecule has 0 aliphatic carbocycles. The van der Waals surface area contributed by atoms with E-state index < -0.39 is 0 Å². The van der Waals surface area contributed by atoms with E-state index >= 15 is 0 Å². The Bertz CT molecular complexity index is 219. The lowest BCUT2D eigenvalue weighted by molar-refractivity contribution is 0.830. The van der Waals surface area contributed by atoms with Crippen LogP contribution < -0.4 is 5.73 Å². The summed E-state index contributed by atoms with van der Waals surface area (Å²) in [5, 5.41) is 0. The highest BCUT2D eigenvalue weighted by Crippen LogP contribution is 2.11. The van der Waals surface area contributed by atoms with Crippen molar-refractivity contribution in [1.29, 1.82) is 0 Å². The maximum Gasteiger partial charge on any atom is -0.00595 e. The maximum absolute atomic E-state index is 5.36. The summed E-state index contributed by atoms with van der Waals surface area (Å²) in [6.07, 6.45) is 8.98. The first-order valence-corrected chi connectivity index (χ1v) is 4.88. The summed E-state index contributed by atoms with van der Waals surface area (Å²) in [6.45, 7) is 8.61. The van der Waals surface area contributed by atoms with E-state index in [4.69, 9.17) is 5.73 Å². The van der Waals surface area contributed by atoms with Crippen LogP contribution in [-0.4, -0.2) is 0 Å². The van der Waals surface area contributed by atoms with Gasteiger partial charge in [-0.05, 0) is 42.7 Å². The highest BCUT2D eigenvalue weighted by Gasteiger charge is 1.93. The number of hydrogen-bond donors (Lipinski definition) is 1. The smallest absolute Gasteiger partial charge is 0.00595 e. The monoisotopic (exact) mass is 179 g/mol. The lowest BCUT2D eigenvalue weighted by atomic mass is 10.1. The summed E-state index contributed by atoms with van der Waals surface area (Å²) < 4.78 is 0. The molecular formula is C12H21N. The van der Waals surface area contributed by atoms with Gasteiger partial charge in [-0.2, -0.15) is 0 Å². The Labute approximate surface area is 82.0 Å². The van der Waals surface area contributed by atoms with Gasteiger partial charge in [0, 0.05) is 0 Å². The van der Waals surface area contributed by atoms with Crippen LogP contribution in [0.4, 0.5) is 0 Å². The van der Waals surface area contributed by atoms with Gasteiger partial charge in [0.25, 0.3) is 0 Å². The van der Waals surface area contributed by atoms with Crippen LogP contribution in [0.25, 0.3) is 0 Å². The van der Waals surface area contributed by atoms with Crippen LogP contribution in [0.3, 0.4) is 0 Å². The number of allylic oxidation sites excluding steroid dienone is 5. The van der Waals surface area contributed by atoms with Crippen molar-refractivity contribution in [1.82, 2.24) is 0 Å². The predicted molar refractivity (Wildman–Crippen MR) is 60.3 cm³/mol. The van der Waals surface area contributed by atoms with Gasteiger partial charge < -0.3 is 5.73 Å². The van der Waals surface area contributed by atoms with Crippen molar-refractivity contribution in [2.24, 2.45) is 11.7 Å². The molecule has 0 spiro atoms. The molecule has 0 aromatic rings. The molecule has 1 nitrogen and oxygen atoms in total. The highest BCUT2D eigenvalue weighted by atomic mass is 14.5. The molecule has 0 bridgehead atoms. The summed E-state index contributed by atoms with van der Waals surface area (Å²) in [7, 11) is 0. The van der Waals surface area contributed by atoms with E-state index in [2.05, 4.69) is 39.8 Å². The molecule has 0 aromatic heterocycles. The quantitative estimate of drug-likeness (QED) is 0.658. The molecule has 0 aliphatic rings. The van der Waals surface area contributed by atoms with Crippen LogP contribution in [0.1, 0.15) is 34.1 Å². The highest BCUT2D eigenvalue weighted by molar-refractivity contribution is 5.31. The number of rotatable bonds is 4. The molecule has 74 valence electrons. The molecule has 0 unspecified atom stereocenters. The fourth-order valence-corrected chi connectivity index (χ4v) is 1.09. The van der Waals surface area contributed by atoms with Crippen LogP contribution in [0, 0.1) is 5.92 Å². The first kappa shape index (κ1) is 12.0. The minimum Gasteiger partial charge on any atom is -0.405 e. The van der Waals surface area contributed by atoms with Crippen LogP contribution in [0.2, 0.25) is 0 Å². The molecule has 0 aromatic carbocycles. The first-order chi connectivity index (χ1) is 6.11. The summed E-state index contributed by atoms with van der Waals surface area (Å²) in [4.78, 5) is 0. The molecule has 0 amide bonds. The van der Waals surface area contributed by atoms with Crippen LogP contribution in [0.5, 0.6) is 0 Å². The van der Waals surface area contributed by atoms with Crippen molar-refractivity contribution in [3.63, 3.8) is 0 Å². The van der Waals surface area contributed by atoms with E-state index in [-0.39, 0.29) is 0 Å². The molecule has 0 saturated carbocycles. The largest absolute Gasteiger partial charge is 0.405 e. The second-order valence-electron chi connectivity index (χ2n) is 3.52. The summed E-state index contributed by atoms with van der Waals surface area (Å²) >= 11 is 0. The van der Waals surface area contributed by atoms with Crippen molar-refractivity contribution in [2.45, 2.75) is 34.1 Å². The van der Waals surface area contributed by atoms with Crippen molar-refractivity contribution in [3.05, 3.63) is 35.6 Å². The molecule has 1 heteroatoms. The average Bonchev–Trinajstić information content (AvgIpc) is 2.10. The molecule has 0 heterocycles. The van der Waals surface area contributed by atoms with E-state index in [9.17, 15) is 0 Å². The first-order valence-electron chi connectivity index (χ1n) is 4.88. The van der Waals surface area contributed by atoms with E-state index in [0.29, 0.717) is 5.92 Å². The predicted octanol–water partition coefficient (Wildman–Crippen LogP) is 3.40. The van der Waals surface area contributed by atoms with E-state index in [1.807, 2.05) is 6.08 Å². The van der Waals surface area contributed by atoms with Crippen molar-refractivity contribution in [3.8, 4) is 0 Å². The minimum absolute atomic E-state index is 0.606. The van der Waals surface area contributed by atoms with Gasteiger partial charge in [0.15, 0.2) is 0 Å². The second kappa shape index (κ2) is 6.53. The normalized spacial score (nSPS) is 14.5. The molecule has 0 fully saturated rings. The Morgan fingerprint density at radius 1 is 1.31 bits per heavy atom. The van der Waals surface area contributed by atoms with Gasteiger partial charge in [-0.15, -0.1) is 0 Å². The second-order valence-corrected chi connectivity index (χ2v) is 3.52. The third-order valence-corrected chi connectivity index (χ3v) is 1.92. The molecule has 2 N–H and O–H groups in total. The van der Waals surface area contributed by atoms with Crippen LogP contribution >= 0.6 is 0 Å². The average molecular weight is 179 g/mol. The van der Waals surface area contributed by atoms with Crippen LogP contribution in [0.15, 0.2) is 35.6 Å². The van der Waals surface area contributed by atoms with E-state index in [1.54, 1.807) is 6.20 Å². The molecular weight excluding hydrogens is 158 g/mol. The van der Waals surface area contributed by atoms with Crippen LogP contribution in [-0.2, 0) is 0 Å². The molecule has 0 saturated heterocycles. The van der Waals surface area contributed by atoms with Crippen molar-refractivity contribution < 1.29 is 0 Å². The van der Waals surface area contributed by atoms with E-state index in [0.717, 1.165) is 6.42 Å².